The highest BCUT2D eigenvalue weighted by atomic mass is 19.1. The molecule has 1 aliphatic rings. The summed E-state index contributed by atoms with van der Waals surface area (Å²) in [4.78, 5) is 39.1. The lowest BCUT2D eigenvalue weighted by Crippen LogP contribution is -2.54. The Morgan fingerprint density at radius 1 is 0.939 bits per heavy atom. The minimum Gasteiger partial charge on any atom is -0.488 e. The predicted molar refractivity (Wildman–Crippen MR) is 122 cm³/mol. The number of carbonyl (C=O) groups is 3. The summed E-state index contributed by atoms with van der Waals surface area (Å²) in [6.07, 6.45) is 1.37. The number of nitrogens with zero attached hydrogens (tertiary/aromatic N) is 1. The maximum atomic E-state index is 13.9. The molecule has 7 heteroatoms. The molecule has 0 aromatic heterocycles. The van der Waals surface area contributed by atoms with Crippen LogP contribution in [0, 0.1) is 19.7 Å². The number of carbonyl (C=O) groups excluding carboxylic acids is 3. The molecular formula is C26H21FN2O4. The Bertz CT molecular complexity index is 1280. The Kier molecular flexibility index (Phi) is 6.04. The number of hydrogen-bond acceptors (Lipinski definition) is 4. The van der Waals surface area contributed by atoms with Crippen molar-refractivity contribution in [2.75, 3.05) is 4.90 Å². The van der Waals surface area contributed by atoms with E-state index in [4.69, 9.17) is 4.74 Å². The Hall–Kier alpha value is -4.26. The first-order chi connectivity index (χ1) is 15.8. The van der Waals surface area contributed by atoms with Crippen molar-refractivity contribution in [1.82, 2.24) is 5.32 Å². The Labute approximate surface area is 190 Å². The van der Waals surface area contributed by atoms with Gasteiger partial charge < -0.3 is 4.74 Å². The fraction of sp³-hybridized carbons (Fsp3) is 0.115. The summed E-state index contributed by atoms with van der Waals surface area (Å²) in [6, 6.07) is 17.5. The molecule has 1 N–H and O–H groups in total. The SMILES string of the molecule is Cc1cc(C)cc(N2C(=O)NC(=O)/C(=C\c3ccccc3OCc3ccccc3F)C2=O)c1. The summed E-state index contributed by atoms with van der Waals surface area (Å²) in [5, 5.41) is 2.22. The van der Waals surface area contributed by atoms with Crippen LogP contribution in [0.5, 0.6) is 5.75 Å². The summed E-state index contributed by atoms with van der Waals surface area (Å²) in [5.74, 6) is -1.56. The minimum absolute atomic E-state index is 0.0276. The van der Waals surface area contributed by atoms with Gasteiger partial charge in [-0.1, -0.05) is 42.5 Å². The molecule has 166 valence electrons. The van der Waals surface area contributed by atoms with Gasteiger partial charge in [-0.2, -0.15) is 0 Å². The first kappa shape index (κ1) is 22.0. The third-order valence-corrected chi connectivity index (χ3v) is 5.13. The van der Waals surface area contributed by atoms with E-state index in [2.05, 4.69) is 5.32 Å². The van der Waals surface area contributed by atoms with Gasteiger partial charge in [0.25, 0.3) is 11.8 Å². The predicted octanol–water partition coefficient (Wildman–Crippen LogP) is 4.69. The Morgan fingerprint density at radius 2 is 1.61 bits per heavy atom. The van der Waals surface area contributed by atoms with Gasteiger partial charge in [0.2, 0.25) is 0 Å². The summed E-state index contributed by atoms with van der Waals surface area (Å²) in [6.45, 7) is 3.68. The van der Waals surface area contributed by atoms with E-state index in [1.807, 2.05) is 19.9 Å². The Balaban J connectivity index is 1.66. The zero-order valence-corrected chi connectivity index (χ0v) is 18.1. The summed E-state index contributed by atoms with van der Waals surface area (Å²) in [7, 11) is 0. The highest BCUT2D eigenvalue weighted by molar-refractivity contribution is 6.39. The molecule has 1 fully saturated rings. The molecular weight excluding hydrogens is 423 g/mol. The van der Waals surface area contributed by atoms with E-state index in [9.17, 15) is 18.8 Å². The number of aryl methyl sites for hydroxylation is 2. The average molecular weight is 444 g/mol. The summed E-state index contributed by atoms with van der Waals surface area (Å²) < 4.78 is 19.7. The van der Waals surface area contributed by atoms with Gasteiger partial charge in [-0.05, 0) is 55.3 Å². The topological polar surface area (TPSA) is 75.7 Å². The van der Waals surface area contributed by atoms with Crippen molar-refractivity contribution in [3.05, 3.63) is 100 Å². The van der Waals surface area contributed by atoms with Gasteiger partial charge in [-0.25, -0.2) is 14.1 Å². The molecule has 0 saturated carbocycles. The second kappa shape index (κ2) is 9.08. The number of rotatable bonds is 5. The molecule has 0 unspecified atom stereocenters. The monoisotopic (exact) mass is 444 g/mol. The quantitative estimate of drug-likeness (QED) is 0.458. The van der Waals surface area contributed by atoms with Crippen LogP contribution in [0.4, 0.5) is 14.9 Å². The van der Waals surface area contributed by atoms with E-state index in [1.54, 1.807) is 54.6 Å². The molecule has 3 aromatic rings. The molecule has 1 heterocycles. The molecule has 0 atom stereocenters. The van der Waals surface area contributed by atoms with Crippen molar-refractivity contribution in [3.8, 4) is 5.75 Å². The molecule has 1 aliphatic heterocycles. The van der Waals surface area contributed by atoms with Crippen LogP contribution < -0.4 is 15.0 Å². The number of halogens is 1. The third-order valence-electron chi connectivity index (χ3n) is 5.13. The maximum Gasteiger partial charge on any atom is 0.335 e. The van der Waals surface area contributed by atoms with Crippen LogP contribution >= 0.6 is 0 Å². The van der Waals surface area contributed by atoms with Crippen molar-refractivity contribution >= 4 is 29.6 Å². The van der Waals surface area contributed by atoms with Gasteiger partial charge >= 0.3 is 6.03 Å². The largest absolute Gasteiger partial charge is 0.488 e. The minimum atomic E-state index is -0.809. The van der Waals surface area contributed by atoms with Crippen LogP contribution in [0.1, 0.15) is 22.3 Å². The standard InChI is InChI=1S/C26H21FN2O4/c1-16-11-17(2)13-20(12-16)29-25(31)21(24(30)28-26(29)32)14-18-7-4-6-10-23(18)33-15-19-8-3-5-9-22(19)27/h3-14H,15H2,1-2H3,(H,28,30,32)/b21-14+. The van der Waals surface area contributed by atoms with Crippen molar-refractivity contribution in [1.29, 1.82) is 0 Å². The van der Waals surface area contributed by atoms with E-state index >= 15 is 0 Å². The molecule has 6 nitrogen and oxygen atoms in total. The van der Waals surface area contributed by atoms with Crippen molar-refractivity contribution in [2.24, 2.45) is 0 Å². The second-order valence-electron chi connectivity index (χ2n) is 7.72. The van der Waals surface area contributed by atoms with Gasteiger partial charge in [0.15, 0.2) is 0 Å². The van der Waals surface area contributed by atoms with Gasteiger partial charge in [-0.15, -0.1) is 0 Å². The number of benzene rings is 3. The summed E-state index contributed by atoms with van der Waals surface area (Å²) in [5.41, 5.74) is 2.73. The van der Waals surface area contributed by atoms with Crippen molar-refractivity contribution in [2.45, 2.75) is 20.5 Å². The first-order valence-corrected chi connectivity index (χ1v) is 10.3. The highest BCUT2D eigenvalue weighted by Crippen LogP contribution is 2.27. The van der Waals surface area contributed by atoms with Gasteiger partial charge in [-0.3, -0.25) is 14.9 Å². The molecule has 1 saturated heterocycles. The van der Waals surface area contributed by atoms with Crippen LogP contribution in [0.2, 0.25) is 0 Å². The van der Waals surface area contributed by atoms with E-state index in [0.717, 1.165) is 16.0 Å². The lowest BCUT2D eigenvalue weighted by atomic mass is 10.0. The zero-order valence-electron chi connectivity index (χ0n) is 18.1. The number of ether oxygens (including phenoxy) is 1. The second-order valence-corrected chi connectivity index (χ2v) is 7.72. The van der Waals surface area contributed by atoms with Crippen molar-refractivity contribution < 1.29 is 23.5 Å². The van der Waals surface area contributed by atoms with E-state index in [-0.39, 0.29) is 12.2 Å². The molecule has 0 radical (unpaired) electrons. The highest BCUT2D eigenvalue weighted by Gasteiger charge is 2.37. The average Bonchev–Trinajstić information content (AvgIpc) is 2.76. The number of imide groups is 2. The number of amides is 4. The maximum absolute atomic E-state index is 13.9. The lowest BCUT2D eigenvalue weighted by molar-refractivity contribution is -0.122. The van der Waals surface area contributed by atoms with Crippen LogP contribution in [0.25, 0.3) is 6.08 Å². The lowest BCUT2D eigenvalue weighted by Gasteiger charge is -2.27. The van der Waals surface area contributed by atoms with Crippen LogP contribution in [0.15, 0.2) is 72.3 Å². The zero-order chi connectivity index (χ0) is 23.5. The normalized spacial score (nSPS) is 15.1. The number of urea groups is 1. The molecule has 0 spiro atoms. The fourth-order valence-electron chi connectivity index (χ4n) is 3.63. The van der Waals surface area contributed by atoms with Crippen molar-refractivity contribution in [3.63, 3.8) is 0 Å². The third kappa shape index (κ3) is 4.67. The number of nitrogens with one attached hydrogen (secondary N) is 1. The van der Waals surface area contributed by atoms with E-state index in [0.29, 0.717) is 22.6 Å². The van der Waals surface area contributed by atoms with Gasteiger partial charge in [0, 0.05) is 11.1 Å². The molecule has 33 heavy (non-hydrogen) atoms. The number of anilines is 1. The van der Waals surface area contributed by atoms with E-state index < -0.39 is 23.7 Å². The molecule has 3 aromatic carbocycles. The van der Waals surface area contributed by atoms with Crippen LogP contribution in [0.3, 0.4) is 0 Å². The smallest absolute Gasteiger partial charge is 0.335 e. The summed E-state index contributed by atoms with van der Waals surface area (Å²) >= 11 is 0. The number of hydrogen-bond donors (Lipinski definition) is 1. The van der Waals surface area contributed by atoms with Gasteiger partial charge in [0.05, 0.1) is 5.69 Å². The van der Waals surface area contributed by atoms with Gasteiger partial charge in [0.1, 0.15) is 23.7 Å². The fourth-order valence-corrected chi connectivity index (χ4v) is 3.63. The number of para-hydroxylation sites is 1. The Morgan fingerprint density at radius 3 is 2.33 bits per heavy atom. The molecule has 0 aliphatic carbocycles. The number of barbiturate groups is 1. The van der Waals surface area contributed by atoms with Crippen LogP contribution in [-0.2, 0) is 16.2 Å². The molecule has 4 rings (SSSR count). The molecule has 4 amide bonds. The van der Waals surface area contributed by atoms with Crippen LogP contribution in [-0.4, -0.2) is 17.8 Å². The van der Waals surface area contributed by atoms with E-state index in [1.165, 1.54) is 12.1 Å². The molecule has 0 bridgehead atoms. The first-order valence-electron chi connectivity index (χ1n) is 10.3.